The quantitative estimate of drug-likeness (QED) is 0.640. The summed E-state index contributed by atoms with van der Waals surface area (Å²) >= 11 is 0. The summed E-state index contributed by atoms with van der Waals surface area (Å²) in [7, 11) is -0.0531. The molecule has 6 heteroatoms. The van der Waals surface area contributed by atoms with Crippen LogP contribution >= 0.6 is 0 Å². The van der Waals surface area contributed by atoms with E-state index in [2.05, 4.69) is 0 Å². The van der Waals surface area contributed by atoms with Crippen molar-refractivity contribution in [3.63, 3.8) is 0 Å². The predicted molar refractivity (Wildman–Crippen MR) is 56.6 cm³/mol. The zero-order valence-corrected chi connectivity index (χ0v) is 9.88. The van der Waals surface area contributed by atoms with Crippen molar-refractivity contribution >= 4 is 10.0 Å². The molecule has 0 aromatic carbocycles. The number of nitrogens with zero attached hydrogens (tertiary/aromatic N) is 1. The molecule has 0 amide bonds. The summed E-state index contributed by atoms with van der Waals surface area (Å²) in [5, 5.41) is 0. The maximum Gasteiger partial charge on any atom is 0.214 e. The largest absolute Gasteiger partial charge is 0.383 e. The Morgan fingerprint density at radius 3 is 2.50 bits per heavy atom. The van der Waals surface area contributed by atoms with Gasteiger partial charge < -0.3 is 10.5 Å². The molecule has 86 valence electrons. The summed E-state index contributed by atoms with van der Waals surface area (Å²) in [6.07, 6.45) is 0.492. The molecule has 1 atom stereocenters. The molecule has 0 aliphatic heterocycles. The highest BCUT2D eigenvalue weighted by molar-refractivity contribution is 7.89. The zero-order chi connectivity index (χ0) is 11.2. The molecule has 0 aromatic heterocycles. The number of sulfonamides is 1. The number of rotatable bonds is 7. The first kappa shape index (κ1) is 13.8. The Morgan fingerprint density at radius 1 is 1.50 bits per heavy atom. The van der Waals surface area contributed by atoms with Gasteiger partial charge in [0, 0.05) is 20.2 Å². The second-order valence-corrected chi connectivity index (χ2v) is 5.43. The minimum atomic E-state index is -3.17. The molecule has 0 radical (unpaired) electrons. The Bertz CT molecular complexity index is 241. The van der Waals surface area contributed by atoms with Crippen LogP contribution in [0.15, 0.2) is 0 Å². The van der Waals surface area contributed by atoms with Gasteiger partial charge in [-0.05, 0) is 19.9 Å². The predicted octanol–water partition coefficient (Wildman–Crippen LogP) is -0.368. The third-order valence-corrected chi connectivity index (χ3v) is 4.12. The summed E-state index contributed by atoms with van der Waals surface area (Å²) < 4.78 is 29.5. The van der Waals surface area contributed by atoms with Crippen molar-refractivity contribution in [2.45, 2.75) is 19.4 Å². The summed E-state index contributed by atoms with van der Waals surface area (Å²) in [6.45, 7) is 2.60. The van der Waals surface area contributed by atoms with Crippen molar-refractivity contribution in [2.24, 2.45) is 5.73 Å². The number of ether oxygens (including phenoxy) is 1. The number of nitrogens with two attached hydrogens (primary N) is 1. The van der Waals surface area contributed by atoms with E-state index in [0.717, 1.165) is 0 Å². The topological polar surface area (TPSA) is 72.6 Å². The lowest BCUT2D eigenvalue weighted by molar-refractivity contribution is 0.149. The first-order chi connectivity index (χ1) is 6.45. The molecule has 0 rings (SSSR count). The van der Waals surface area contributed by atoms with Gasteiger partial charge in [0.2, 0.25) is 10.0 Å². The van der Waals surface area contributed by atoms with Crippen LogP contribution in [0.4, 0.5) is 0 Å². The monoisotopic (exact) mass is 224 g/mol. The van der Waals surface area contributed by atoms with E-state index in [0.29, 0.717) is 19.6 Å². The molecule has 14 heavy (non-hydrogen) atoms. The fourth-order valence-corrected chi connectivity index (χ4v) is 2.46. The zero-order valence-electron chi connectivity index (χ0n) is 9.06. The molecule has 2 N–H and O–H groups in total. The van der Waals surface area contributed by atoms with Crippen molar-refractivity contribution < 1.29 is 13.2 Å². The van der Waals surface area contributed by atoms with Gasteiger partial charge in [-0.2, -0.15) is 4.31 Å². The van der Waals surface area contributed by atoms with Crippen LogP contribution in [0.25, 0.3) is 0 Å². The van der Waals surface area contributed by atoms with E-state index >= 15 is 0 Å². The molecular formula is C8H20N2O3S. The van der Waals surface area contributed by atoms with Crippen LogP contribution in [-0.2, 0) is 14.8 Å². The first-order valence-corrected chi connectivity index (χ1v) is 6.21. The average Bonchev–Trinajstić information content (AvgIpc) is 2.14. The van der Waals surface area contributed by atoms with Crippen molar-refractivity contribution in [1.82, 2.24) is 4.31 Å². The standard InChI is InChI=1S/C8H20N2O3S/c1-8(7-13-3)10(2)14(11,12)6-4-5-9/h8H,4-7,9H2,1-3H3. The number of likely N-dealkylation sites (N-methyl/N-ethyl adjacent to an activating group) is 1. The summed E-state index contributed by atoms with van der Waals surface area (Å²) in [5.41, 5.74) is 5.26. The third kappa shape index (κ3) is 4.36. The van der Waals surface area contributed by atoms with Crippen LogP contribution in [0.3, 0.4) is 0 Å². The summed E-state index contributed by atoms with van der Waals surface area (Å²) in [4.78, 5) is 0. The van der Waals surface area contributed by atoms with Gasteiger partial charge in [-0.15, -0.1) is 0 Å². The molecule has 0 fully saturated rings. The molecule has 0 saturated carbocycles. The van der Waals surface area contributed by atoms with Gasteiger partial charge in [0.25, 0.3) is 0 Å². The maximum absolute atomic E-state index is 11.6. The molecule has 0 aromatic rings. The van der Waals surface area contributed by atoms with Crippen molar-refractivity contribution in [3.05, 3.63) is 0 Å². The third-order valence-electron chi connectivity index (χ3n) is 2.07. The van der Waals surface area contributed by atoms with E-state index in [9.17, 15) is 8.42 Å². The molecule has 0 bridgehead atoms. The Labute approximate surface area is 86.3 Å². The molecule has 0 saturated heterocycles. The van der Waals surface area contributed by atoms with Crippen molar-refractivity contribution in [1.29, 1.82) is 0 Å². The van der Waals surface area contributed by atoms with Gasteiger partial charge in [0.15, 0.2) is 0 Å². The van der Waals surface area contributed by atoms with Crippen LogP contribution in [0.5, 0.6) is 0 Å². The molecule has 0 aliphatic carbocycles. The fraction of sp³-hybridized carbons (Fsp3) is 1.00. The number of hydrogen-bond acceptors (Lipinski definition) is 4. The summed E-state index contributed by atoms with van der Waals surface area (Å²) in [6, 6.07) is -0.136. The molecular weight excluding hydrogens is 204 g/mol. The van der Waals surface area contributed by atoms with Gasteiger partial charge in [0.05, 0.1) is 12.4 Å². The molecule has 0 heterocycles. The number of hydrogen-bond donors (Lipinski definition) is 1. The fourth-order valence-electron chi connectivity index (χ4n) is 1.03. The maximum atomic E-state index is 11.6. The van der Waals surface area contributed by atoms with Gasteiger partial charge in [0.1, 0.15) is 0 Å². The molecule has 1 unspecified atom stereocenters. The lowest BCUT2D eigenvalue weighted by atomic mass is 10.4. The van der Waals surface area contributed by atoms with Crippen LogP contribution < -0.4 is 5.73 Å². The van der Waals surface area contributed by atoms with Gasteiger partial charge in [-0.3, -0.25) is 0 Å². The second-order valence-electron chi connectivity index (χ2n) is 3.28. The Hall–Kier alpha value is -0.170. The SMILES string of the molecule is COCC(C)N(C)S(=O)(=O)CCCN. The second kappa shape index (κ2) is 6.34. The van der Waals surface area contributed by atoms with Crippen LogP contribution in [0.1, 0.15) is 13.3 Å². The average molecular weight is 224 g/mol. The molecule has 5 nitrogen and oxygen atoms in total. The van der Waals surface area contributed by atoms with E-state index < -0.39 is 10.0 Å². The van der Waals surface area contributed by atoms with E-state index in [1.165, 1.54) is 4.31 Å². The van der Waals surface area contributed by atoms with Gasteiger partial charge in [-0.1, -0.05) is 0 Å². The molecule has 0 spiro atoms. The van der Waals surface area contributed by atoms with E-state index in [1.54, 1.807) is 14.2 Å². The van der Waals surface area contributed by atoms with E-state index in [1.807, 2.05) is 6.92 Å². The van der Waals surface area contributed by atoms with Crippen LogP contribution in [-0.4, -0.2) is 51.8 Å². The van der Waals surface area contributed by atoms with Crippen molar-refractivity contribution in [3.8, 4) is 0 Å². The minimum absolute atomic E-state index is 0.105. The Balaban J connectivity index is 4.27. The first-order valence-electron chi connectivity index (χ1n) is 4.60. The lowest BCUT2D eigenvalue weighted by Crippen LogP contribution is -2.39. The minimum Gasteiger partial charge on any atom is -0.383 e. The Kier molecular flexibility index (Phi) is 6.26. The Morgan fingerprint density at radius 2 is 2.07 bits per heavy atom. The highest BCUT2D eigenvalue weighted by Crippen LogP contribution is 2.05. The molecule has 0 aliphatic rings. The van der Waals surface area contributed by atoms with Crippen LogP contribution in [0.2, 0.25) is 0 Å². The number of methoxy groups -OCH3 is 1. The normalized spacial score (nSPS) is 14.6. The summed E-state index contributed by atoms with van der Waals surface area (Å²) in [5.74, 6) is 0.105. The van der Waals surface area contributed by atoms with E-state index in [4.69, 9.17) is 10.5 Å². The van der Waals surface area contributed by atoms with Crippen LogP contribution in [0, 0.1) is 0 Å². The highest BCUT2D eigenvalue weighted by atomic mass is 32.2. The van der Waals surface area contributed by atoms with Gasteiger partial charge >= 0.3 is 0 Å². The van der Waals surface area contributed by atoms with E-state index in [-0.39, 0.29) is 11.8 Å². The van der Waals surface area contributed by atoms with Crippen molar-refractivity contribution in [2.75, 3.05) is 33.1 Å². The lowest BCUT2D eigenvalue weighted by Gasteiger charge is -2.23. The smallest absolute Gasteiger partial charge is 0.214 e. The highest BCUT2D eigenvalue weighted by Gasteiger charge is 2.22. The van der Waals surface area contributed by atoms with Gasteiger partial charge in [-0.25, -0.2) is 8.42 Å².